The summed E-state index contributed by atoms with van der Waals surface area (Å²) in [5, 5.41) is 7.15. The first kappa shape index (κ1) is 23.4. The van der Waals surface area contributed by atoms with Crippen LogP contribution >= 0.6 is 0 Å². The van der Waals surface area contributed by atoms with E-state index in [1.165, 1.54) is 27.8 Å². The maximum absolute atomic E-state index is 13.4. The molecule has 2 amide bonds. The largest absolute Gasteiger partial charge is 0.461 e. The van der Waals surface area contributed by atoms with Crippen molar-refractivity contribution in [2.24, 2.45) is 5.92 Å². The highest BCUT2D eigenvalue weighted by molar-refractivity contribution is 6.01. The van der Waals surface area contributed by atoms with Crippen LogP contribution in [-0.4, -0.2) is 51.2 Å². The van der Waals surface area contributed by atoms with Crippen molar-refractivity contribution in [3.05, 3.63) is 53.1 Å². The van der Waals surface area contributed by atoms with Crippen LogP contribution in [0.2, 0.25) is 0 Å². The first-order valence-electron chi connectivity index (χ1n) is 10.8. The summed E-state index contributed by atoms with van der Waals surface area (Å²) < 4.78 is 19.7. The summed E-state index contributed by atoms with van der Waals surface area (Å²) in [5.41, 5.74) is -0.364. The summed E-state index contributed by atoms with van der Waals surface area (Å²) in [4.78, 5) is 40.3. The van der Waals surface area contributed by atoms with Crippen molar-refractivity contribution in [3.63, 3.8) is 0 Å². The molecule has 172 valence electrons. The number of ether oxygens (including phenoxy) is 1. The lowest BCUT2D eigenvalue weighted by molar-refractivity contribution is -0.133. The zero-order chi connectivity index (χ0) is 23.5. The Kier molecular flexibility index (Phi) is 6.96. The van der Waals surface area contributed by atoms with Crippen molar-refractivity contribution in [2.75, 3.05) is 13.2 Å². The molecule has 1 aliphatic rings. The number of hydrogen-bond acceptors (Lipinski definition) is 5. The van der Waals surface area contributed by atoms with E-state index in [0.717, 1.165) is 6.42 Å². The Hall–Kier alpha value is -3.23. The number of nitrogens with one attached hydrogen (secondary N) is 1. The van der Waals surface area contributed by atoms with Crippen LogP contribution in [0.25, 0.3) is 0 Å². The molecule has 0 saturated carbocycles. The van der Waals surface area contributed by atoms with E-state index >= 15 is 0 Å². The van der Waals surface area contributed by atoms with E-state index in [2.05, 4.69) is 24.3 Å². The zero-order valence-corrected chi connectivity index (χ0v) is 18.9. The molecule has 0 saturated heterocycles. The van der Waals surface area contributed by atoms with Gasteiger partial charge in [-0.2, -0.15) is 5.10 Å². The Labute approximate surface area is 186 Å². The van der Waals surface area contributed by atoms with Gasteiger partial charge in [0.25, 0.3) is 5.91 Å². The van der Waals surface area contributed by atoms with Gasteiger partial charge in [-0.05, 0) is 43.9 Å². The predicted octanol–water partition coefficient (Wildman–Crippen LogP) is 2.78. The van der Waals surface area contributed by atoms with E-state index < -0.39 is 17.4 Å². The second-order valence-corrected chi connectivity index (χ2v) is 8.52. The average Bonchev–Trinajstić information content (AvgIpc) is 3.16. The number of rotatable bonds is 8. The molecular weight excluding hydrogens is 415 g/mol. The van der Waals surface area contributed by atoms with Gasteiger partial charge in [0.2, 0.25) is 5.91 Å². The summed E-state index contributed by atoms with van der Waals surface area (Å²) in [6.45, 7) is 8.31. The molecule has 2 aromatic rings. The highest BCUT2D eigenvalue weighted by Crippen LogP contribution is 2.29. The number of carbonyl (C=O) groups excluding carboxylic acids is 3. The number of esters is 1. The summed E-state index contributed by atoms with van der Waals surface area (Å²) in [6.07, 6.45) is 0.799. The molecular formula is C23H29FN4O4. The molecule has 0 fully saturated rings. The lowest BCUT2D eigenvalue weighted by atomic mass is 9.94. The van der Waals surface area contributed by atoms with E-state index in [1.807, 2.05) is 0 Å². The molecule has 1 atom stereocenters. The first-order valence-corrected chi connectivity index (χ1v) is 10.8. The van der Waals surface area contributed by atoms with Gasteiger partial charge in [0.1, 0.15) is 17.1 Å². The van der Waals surface area contributed by atoms with Crippen LogP contribution in [0.1, 0.15) is 60.7 Å². The molecule has 2 heterocycles. The van der Waals surface area contributed by atoms with Crippen LogP contribution in [0.5, 0.6) is 0 Å². The third kappa shape index (κ3) is 4.81. The fourth-order valence-corrected chi connectivity index (χ4v) is 3.63. The number of carbonyl (C=O) groups is 3. The molecule has 0 unspecified atom stereocenters. The van der Waals surface area contributed by atoms with E-state index in [-0.39, 0.29) is 42.8 Å². The number of halogens is 1. The van der Waals surface area contributed by atoms with Crippen molar-refractivity contribution in [1.82, 2.24) is 20.0 Å². The standard InChI is InChI=1S/C23H29FN4O4/c1-5-32-21(30)18-12-19-20(29)27(13-16-6-8-17(24)9-7-16)23(4,14-28(19)26-18)22(31)25-11-10-15(2)3/h6-9,12,15H,5,10-11,13-14H2,1-4H3,(H,25,31)/t23-/m0/s1. The molecule has 0 aliphatic carbocycles. The zero-order valence-electron chi connectivity index (χ0n) is 18.9. The van der Waals surface area contributed by atoms with Crippen LogP contribution in [0.15, 0.2) is 30.3 Å². The molecule has 1 aromatic heterocycles. The highest BCUT2D eigenvalue weighted by Gasteiger charge is 2.48. The molecule has 1 aromatic carbocycles. The fourth-order valence-electron chi connectivity index (χ4n) is 3.63. The van der Waals surface area contributed by atoms with Gasteiger partial charge in [-0.25, -0.2) is 9.18 Å². The number of nitrogens with zero attached hydrogens (tertiary/aromatic N) is 3. The van der Waals surface area contributed by atoms with Crippen LogP contribution < -0.4 is 5.32 Å². The normalized spacial score (nSPS) is 17.9. The summed E-state index contributed by atoms with van der Waals surface area (Å²) >= 11 is 0. The quantitative estimate of drug-likeness (QED) is 0.632. The SMILES string of the molecule is CCOC(=O)c1cc2n(n1)C[C@@](C)(C(=O)NCCC(C)C)N(Cc1ccc(F)cc1)C2=O. The third-order valence-electron chi connectivity index (χ3n) is 5.53. The molecule has 0 spiro atoms. The monoisotopic (exact) mass is 444 g/mol. The van der Waals surface area contributed by atoms with Gasteiger partial charge >= 0.3 is 5.97 Å². The molecule has 3 rings (SSSR count). The van der Waals surface area contributed by atoms with Gasteiger partial charge in [0, 0.05) is 19.2 Å². The Balaban J connectivity index is 1.96. The second-order valence-electron chi connectivity index (χ2n) is 8.52. The van der Waals surface area contributed by atoms with Gasteiger partial charge in [-0.3, -0.25) is 14.3 Å². The van der Waals surface area contributed by atoms with Crippen LogP contribution in [0, 0.1) is 11.7 Å². The lowest BCUT2D eigenvalue weighted by Crippen LogP contribution is -2.63. The van der Waals surface area contributed by atoms with Crippen LogP contribution in [0.3, 0.4) is 0 Å². The van der Waals surface area contributed by atoms with Gasteiger partial charge in [-0.1, -0.05) is 26.0 Å². The Morgan fingerprint density at radius 1 is 1.28 bits per heavy atom. The van der Waals surface area contributed by atoms with Crippen molar-refractivity contribution < 1.29 is 23.5 Å². The van der Waals surface area contributed by atoms with Crippen molar-refractivity contribution >= 4 is 17.8 Å². The summed E-state index contributed by atoms with van der Waals surface area (Å²) in [7, 11) is 0. The average molecular weight is 445 g/mol. The second kappa shape index (κ2) is 9.50. The number of aromatic nitrogens is 2. The Morgan fingerprint density at radius 3 is 2.59 bits per heavy atom. The van der Waals surface area contributed by atoms with Crippen molar-refractivity contribution in [2.45, 2.75) is 52.7 Å². The number of hydrogen-bond donors (Lipinski definition) is 1. The molecule has 1 aliphatic heterocycles. The smallest absolute Gasteiger partial charge is 0.358 e. The van der Waals surface area contributed by atoms with Gasteiger partial charge in [0.15, 0.2) is 5.69 Å². The molecule has 1 N–H and O–H groups in total. The maximum atomic E-state index is 13.4. The van der Waals surface area contributed by atoms with E-state index in [4.69, 9.17) is 4.74 Å². The van der Waals surface area contributed by atoms with Crippen molar-refractivity contribution in [1.29, 1.82) is 0 Å². The number of fused-ring (bicyclic) bond motifs is 1. The van der Waals surface area contributed by atoms with Gasteiger partial charge in [0.05, 0.1) is 13.2 Å². The third-order valence-corrected chi connectivity index (χ3v) is 5.53. The summed E-state index contributed by atoms with van der Waals surface area (Å²) in [6, 6.07) is 7.17. The molecule has 8 nitrogen and oxygen atoms in total. The predicted molar refractivity (Wildman–Crippen MR) is 115 cm³/mol. The lowest BCUT2D eigenvalue weighted by Gasteiger charge is -2.43. The van der Waals surface area contributed by atoms with Gasteiger partial charge in [-0.15, -0.1) is 0 Å². The topological polar surface area (TPSA) is 93.5 Å². The summed E-state index contributed by atoms with van der Waals surface area (Å²) in [5.74, 6) is -1.35. The van der Waals surface area contributed by atoms with E-state index in [0.29, 0.717) is 18.0 Å². The van der Waals surface area contributed by atoms with Crippen molar-refractivity contribution in [3.8, 4) is 0 Å². The number of benzene rings is 1. The molecule has 9 heteroatoms. The van der Waals surface area contributed by atoms with Gasteiger partial charge < -0.3 is 15.0 Å². The van der Waals surface area contributed by atoms with Crippen LogP contribution in [-0.2, 0) is 22.6 Å². The van der Waals surface area contributed by atoms with E-state index in [1.54, 1.807) is 26.0 Å². The minimum atomic E-state index is -1.26. The Bertz CT molecular complexity index is 1000. The molecule has 0 bridgehead atoms. The molecule has 0 radical (unpaired) electrons. The minimum Gasteiger partial charge on any atom is -0.461 e. The maximum Gasteiger partial charge on any atom is 0.358 e. The Morgan fingerprint density at radius 2 is 1.97 bits per heavy atom. The van der Waals surface area contributed by atoms with Crippen LogP contribution in [0.4, 0.5) is 4.39 Å². The minimum absolute atomic E-state index is 0.0152. The van der Waals surface area contributed by atoms with E-state index in [9.17, 15) is 18.8 Å². The highest BCUT2D eigenvalue weighted by atomic mass is 19.1. The number of amides is 2. The molecule has 32 heavy (non-hydrogen) atoms. The fraction of sp³-hybridized carbons (Fsp3) is 0.478. The first-order chi connectivity index (χ1) is 15.2.